The maximum absolute atomic E-state index is 11.7. The Hall–Kier alpha value is -1.11. The third-order valence-electron chi connectivity index (χ3n) is 2.76. The van der Waals surface area contributed by atoms with Crippen molar-refractivity contribution in [2.24, 2.45) is 0 Å². The minimum absolute atomic E-state index is 0. The van der Waals surface area contributed by atoms with Gasteiger partial charge in [-0.2, -0.15) is 0 Å². The van der Waals surface area contributed by atoms with Gasteiger partial charge in [0.05, 0.1) is 6.26 Å². The second-order valence-corrected chi connectivity index (χ2v) is 4.41. The molecule has 1 fully saturated rings. The van der Waals surface area contributed by atoms with Crippen LogP contribution in [-0.2, 0) is 0 Å². The molecule has 1 saturated heterocycles. The molecule has 5 nitrogen and oxygen atoms in total. The van der Waals surface area contributed by atoms with Gasteiger partial charge in [0.2, 0.25) is 0 Å². The van der Waals surface area contributed by atoms with E-state index in [0.29, 0.717) is 5.11 Å². The van der Waals surface area contributed by atoms with Crippen molar-refractivity contribution in [2.45, 2.75) is 0 Å². The molecule has 0 radical (unpaired) electrons. The molecule has 0 saturated carbocycles. The Morgan fingerprint density at radius 2 is 2.06 bits per heavy atom. The summed E-state index contributed by atoms with van der Waals surface area (Å²) in [5.41, 5.74) is 0. The highest BCUT2D eigenvalue weighted by Gasteiger charge is 2.19. The fraction of sp³-hybridized carbons (Fsp3) is 0.455. The summed E-state index contributed by atoms with van der Waals surface area (Å²) in [6, 6.07) is 3.29. The molecule has 1 amide bonds. The molecular weight excluding hydrogens is 274 g/mol. The van der Waals surface area contributed by atoms with E-state index in [0.717, 1.165) is 26.2 Å². The van der Waals surface area contributed by atoms with Crippen LogP contribution in [0.25, 0.3) is 0 Å². The molecule has 1 N–H and O–H groups in total. The second-order valence-electron chi connectivity index (χ2n) is 4.03. The zero-order valence-electron chi connectivity index (χ0n) is 10.1. The van der Waals surface area contributed by atoms with Crippen molar-refractivity contribution < 1.29 is 9.21 Å². The fourth-order valence-corrected chi connectivity index (χ4v) is 1.93. The van der Waals surface area contributed by atoms with Crippen LogP contribution in [0.5, 0.6) is 0 Å². The molecular formula is C11H16ClN3O2S. The number of carbonyl (C=O) groups is 1. The Morgan fingerprint density at radius 1 is 1.39 bits per heavy atom. The van der Waals surface area contributed by atoms with Gasteiger partial charge in [-0.3, -0.25) is 10.1 Å². The monoisotopic (exact) mass is 289 g/mol. The lowest BCUT2D eigenvalue weighted by molar-refractivity contribution is 0.0943. The SMILES string of the molecule is CN1CCN(C(=S)NC(=O)c2ccco2)CC1.Cl. The number of nitrogens with one attached hydrogen (secondary N) is 1. The van der Waals surface area contributed by atoms with Crippen LogP contribution in [0, 0.1) is 0 Å². The van der Waals surface area contributed by atoms with E-state index in [4.69, 9.17) is 16.6 Å². The Bertz CT molecular complexity index is 402. The highest BCUT2D eigenvalue weighted by atomic mass is 35.5. The number of halogens is 1. The standard InChI is InChI=1S/C11H15N3O2S.ClH/c1-13-4-6-14(7-5-13)11(17)12-10(15)9-3-2-8-16-9;/h2-3,8H,4-7H2,1H3,(H,12,15,17);1H. The lowest BCUT2D eigenvalue weighted by Crippen LogP contribution is -2.51. The normalized spacial score (nSPS) is 15.9. The molecule has 1 aliphatic rings. The number of nitrogens with zero attached hydrogens (tertiary/aromatic N) is 2. The first-order valence-corrected chi connectivity index (χ1v) is 5.90. The third-order valence-corrected chi connectivity index (χ3v) is 3.12. The van der Waals surface area contributed by atoms with Crippen molar-refractivity contribution in [1.82, 2.24) is 15.1 Å². The van der Waals surface area contributed by atoms with E-state index in [9.17, 15) is 4.79 Å². The van der Waals surface area contributed by atoms with Gasteiger partial charge >= 0.3 is 0 Å². The summed E-state index contributed by atoms with van der Waals surface area (Å²) in [6.45, 7) is 3.59. The zero-order valence-corrected chi connectivity index (χ0v) is 11.7. The zero-order chi connectivity index (χ0) is 12.3. The summed E-state index contributed by atoms with van der Waals surface area (Å²) in [5, 5.41) is 3.14. The lowest BCUT2D eigenvalue weighted by atomic mass is 10.3. The van der Waals surface area contributed by atoms with E-state index in [-0.39, 0.29) is 24.1 Å². The van der Waals surface area contributed by atoms with E-state index in [2.05, 4.69) is 17.3 Å². The number of piperazine rings is 1. The average Bonchev–Trinajstić information content (AvgIpc) is 2.83. The van der Waals surface area contributed by atoms with E-state index in [1.165, 1.54) is 6.26 Å². The summed E-state index contributed by atoms with van der Waals surface area (Å²) in [5.74, 6) is -0.0135. The molecule has 1 aromatic rings. The van der Waals surface area contributed by atoms with E-state index < -0.39 is 0 Å². The van der Waals surface area contributed by atoms with Gasteiger partial charge < -0.3 is 14.2 Å². The molecule has 1 aromatic heterocycles. The van der Waals surface area contributed by atoms with Gasteiger partial charge in [0, 0.05) is 26.2 Å². The molecule has 2 rings (SSSR count). The maximum atomic E-state index is 11.7. The quantitative estimate of drug-likeness (QED) is 0.781. The van der Waals surface area contributed by atoms with Crippen LogP contribution in [0.2, 0.25) is 0 Å². The predicted molar refractivity (Wildman–Crippen MR) is 75.1 cm³/mol. The van der Waals surface area contributed by atoms with Gasteiger partial charge in [-0.05, 0) is 31.4 Å². The minimum atomic E-state index is -0.293. The summed E-state index contributed by atoms with van der Waals surface area (Å²) < 4.78 is 5.00. The molecule has 2 heterocycles. The number of hydrogen-bond donors (Lipinski definition) is 1. The van der Waals surface area contributed by atoms with E-state index in [1.807, 2.05) is 4.90 Å². The predicted octanol–water partition coefficient (Wildman–Crippen LogP) is 0.963. The number of furan rings is 1. The summed E-state index contributed by atoms with van der Waals surface area (Å²) in [6.07, 6.45) is 1.47. The van der Waals surface area contributed by atoms with E-state index >= 15 is 0 Å². The summed E-state index contributed by atoms with van der Waals surface area (Å²) in [7, 11) is 2.07. The van der Waals surface area contributed by atoms with Crippen LogP contribution >= 0.6 is 24.6 Å². The first-order chi connectivity index (χ1) is 8.16. The molecule has 1 aliphatic heterocycles. The van der Waals surface area contributed by atoms with Crippen LogP contribution in [-0.4, -0.2) is 54.0 Å². The number of carbonyl (C=O) groups excluding carboxylic acids is 1. The number of likely N-dealkylation sites (N-methyl/N-ethyl adjacent to an activating group) is 1. The smallest absolute Gasteiger partial charge is 0.293 e. The van der Waals surface area contributed by atoms with Crippen LogP contribution < -0.4 is 5.32 Å². The van der Waals surface area contributed by atoms with Crippen molar-refractivity contribution in [3.8, 4) is 0 Å². The number of hydrogen-bond acceptors (Lipinski definition) is 4. The first kappa shape index (κ1) is 14.9. The molecule has 0 aliphatic carbocycles. The van der Waals surface area contributed by atoms with Crippen molar-refractivity contribution >= 4 is 35.6 Å². The van der Waals surface area contributed by atoms with Crippen molar-refractivity contribution in [3.05, 3.63) is 24.2 Å². The molecule has 100 valence electrons. The highest BCUT2D eigenvalue weighted by Crippen LogP contribution is 2.02. The lowest BCUT2D eigenvalue weighted by Gasteiger charge is -2.33. The van der Waals surface area contributed by atoms with Gasteiger partial charge in [-0.15, -0.1) is 12.4 Å². The molecule has 0 spiro atoms. The Balaban J connectivity index is 0.00000162. The van der Waals surface area contributed by atoms with Crippen LogP contribution in [0.3, 0.4) is 0 Å². The number of amides is 1. The molecule has 0 bridgehead atoms. The van der Waals surface area contributed by atoms with Crippen molar-refractivity contribution in [3.63, 3.8) is 0 Å². The second kappa shape index (κ2) is 6.72. The van der Waals surface area contributed by atoms with Crippen LogP contribution in [0.15, 0.2) is 22.8 Å². The topological polar surface area (TPSA) is 48.7 Å². The maximum Gasteiger partial charge on any atom is 0.293 e. The van der Waals surface area contributed by atoms with Crippen molar-refractivity contribution in [1.29, 1.82) is 0 Å². The summed E-state index contributed by atoms with van der Waals surface area (Å²) in [4.78, 5) is 15.9. The Labute approximate surface area is 118 Å². The highest BCUT2D eigenvalue weighted by molar-refractivity contribution is 7.80. The van der Waals surface area contributed by atoms with Crippen molar-refractivity contribution in [2.75, 3.05) is 33.2 Å². The van der Waals surface area contributed by atoms with E-state index in [1.54, 1.807) is 12.1 Å². The summed E-state index contributed by atoms with van der Waals surface area (Å²) >= 11 is 5.20. The Morgan fingerprint density at radius 3 is 2.61 bits per heavy atom. The van der Waals surface area contributed by atoms with Crippen LogP contribution in [0.1, 0.15) is 10.6 Å². The Kier molecular flexibility index (Phi) is 5.58. The minimum Gasteiger partial charge on any atom is -0.459 e. The molecule has 0 unspecified atom stereocenters. The van der Waals surface area contributed by atoms with Gasteiger partial charge in [-0.1, -0.05) is 0 Å². The first-order valence-electron chi connectivity index (χ1n) is 5.49. The van der Waals surface area contributed by atoms with Gasteiger partial charge in [0.1, 0.15) is 0 Å². The molecule has 0 aromatic carbocycles. The largest absolute Gasteiger partial charge is 0.459 e. The van der Waals surface area contributed by atoms with Gasteiger partial charge in [0.15, 0.2) is 10.9 Å². The molecule has 7 heteroatoms. The average molecular weight is 290 g/mol. The number of thiocarbonyl (C=S) groups is 1. The van der Waals surface area contributed by atoms with Gasteiger partial charge in [0.25, 0.3) is 5.91 Å². The van der Waals surface area contributed by atoms with Gasteiger partial charge in [-0.25, -0.2) is 0 Å². The van der Waals surface area contributed by atoms with Crippen LogP contribution in [0.4, 0.5) is 0 Å². The molecule has 18 heavy (non-hydrogen) atoms. The third kappa shape index (κ3) is 3.69. The molecule has 0 atom stereocenters. The number of rotatable bonds is 1. The fourth-order valence-electron chi connectivity index (χ4n) is 1.66.